The number of aryl methyl sites for hydroxylation is 2. The van der Waals surface area contributed by atoms with Crippen molar-refractivity contribution >= 4 is 17.2 Å². The third-order valence-electron chi connectivity index (χ3n) is 5.64. The van der Waals surface area contributed by atoms with Crippen molar-refractivity contribution in [3.8, 4) is 22.6 Å². The zero-order chi connectivity index (χ0) is 25.4. The lowest BCUT2D eigenvalue weighted by molar-refractivity contribution is -0.00754. The fourth-order valence-electron chi connectivity index (χ4n) is 3.68. The first-order valence-corrected chi connectivity index (χ1v) is 11.0. The second-order valence-corrected chi connectivity index (χ2v) is 8.26. The molecule has 0 radical (unpaired) electrons. The maximum atomic E-state index is 13.1. The third kappa shape index (κ3) is 4.58. The van der Waals surface area contributed by atoms with Gasteiger partial charge >= 0.3 is 0 Å². The molecule has 5 aromatic rings. The Labute approximate surface area is 203 Å². The highest BCUT2D eigenvalue weighted by Gasteiger charge is 2.21. The molecule has 1 atom stereocenters. The molecular formula is C24H21F2N7O3. The molecule has 0 fully saturated rings. The fourth-order valence-corrected chi connectivity index (χ4v) is 3.68. The van der Waals surface area contributed by atoms with E-state index < -0.39 is 19.0 Å². The molecule has 0 spiro atoms. The summed E-state index contributed by atoms with van der Waals surface area (Å²) in [5, 5.41) is 20.4. The Hall–Kier alpha value is -4.45. The predicted octanol–water partition coefficient (Wildman–Crippen LogP) is 3.51. The van der Waals surface area contributed by atoms with Crippen LogP contribution >= 0.6 is 0 Å². The number of pyridine rings is 1. The largest absolute Gasteiger partial charge is 0.387 e. The van der Waals surface area contributed by atoms with Crippen molar-refractivity contribution in [1.82, 2.24) is 29.3 Å². The second-order valence-electron chi connectivity index (χ2n) is 8.26. The molecule has 10 nitrogen and oxygen atoms in total. The highest BCUT2D eigenvalue weighted by Crippen LogP contribution is 2.25. The number of nitrogens with one attached hydrogen (secondary N) is 1. The van der Waals surface area contributed by atoms with Gasteiger partial charge in [0.2, 0.25) is 11.7 Å². The van der Waals surface area contributed by atoms with Crippen LogP contribution in [0.5, 0.6) is 0 Å². The molecule has 12 heteroatoms. The molecule has 1 aromatic carbocycles. The second kappa shape index (κ2) is 9.30. The molecular weight excluding hydrogens is 472 g/mol. The van der Waals surface area contributed by atoms with Crippen LogP contribution in [0, 0.1) is 6.92 Å². The molecule has 4 heterocycles. The summed E-state index contributed by atoms with van der Waals surface area (Å²) in [5.41, 5.74) is 4.42. The van der Waals surface area contributed by atoms with E-state index in [0.717, 1.165) is 16.8 Å². The Morgan fingerprint density at radius 3 is 2.75 bits per heavy atom. The van der Waals surface area contributed by atoms with Crippen LogP contribution in [0.1, 0.15) is 21.9 Å². The number of alkyl halides is 2. The highest BCUT2D eigenvalue weighted by molar-refractivity contribution is 6.04. The monoisotopic (exact) mass is 493 g/mol. The maximum Gasteiger partial charge on any atom is 0.274 e. The summed E-state index contributed by atoms with van der Waals surface area (Å²) in [6.07, 6.45) is -0.163. The van der Waals surface area contributed by atoms with Crippen molar-refractivity contribution in [1.29, 1.82) is 0 Å². The van der Waals surface area contributed by atoms with Crippen LogP contribution in [0.2, 0.25) is 0 Å². The van der Waals surface area contributed by atoms with Gasteiger partial charge in [-0.15, -0.1) is 0 Å². The minimum absolute atomic E-state index is 0.111. The minimum Gasteiger partial charge on any atom is -0.387 e. The van der Waals surface area contributed by atoms with Crippen LogP contribution in [0.15, 0.2) is 59.5 Å². The van der Waals surface area contributed by atoms with Crippen LogP contribution in [0.3, 0.4) is 0 Å². The van der Waals surface area contributed by atoms with Crippen molar-refractivity contribution in [3.05, 3.63) is 72.1 Å². The summed E-state index contributed by atoms with van der Waals surface area (Å²) in [5.74, 6) is -0.333. The smallest absolute Gasteiger partial charge is 0.274 e. The molecule has 1 amide bonds. The van der Waals surface area contributed by atoms with Crippen molar-refractivity contribution in [2.24, 2.45) is 7.05 Å². The average molecular weight is 493 g/mol. The number of hydrogen-bond acceptors (Lipinski definition) is 7. The van der Waals surface area contributed by atoms with Gasteiger partial charge in [-0.05, 0) is 36.8 Å². The van der Waals surface area contributed by atoms with Gasteiger partial charge in [0.05, 0.1) is 18.3 Å². The molecule has 0 aliphatic heterocycles. The van der Waals surface area contributed by atoms with Crippen molar-refractivity contribution in [3.63, 3.8) is 0 Å². The number of hydrogen-bond donors (Lipinski definition) is 2. The third-order valence-corrected chi connectivity index (χ3v) is 5.64. The maximum absolute atomic E-state index is 13.1. The van der Waals surface area contributed by atoms with Gasteiger partial charge < -0.3 is 14.9 Å². The molecule has 0 aliphatic carbocycles. The standard InChI is InChI=1S/C24H21F2N7O3/c1-13-3-4-15(23-29-21(36-31-23)11-19(34)22(25)26)9-17(13)28-24(35)18-12-27-20-10-14(5-8-33(18)20)16-6-7-32(2)30-16/h3-10,12,19,22,34H,11H2,1-2H3,(H,28,35). The quantitative estimate of drug-likeness (QED) is 0.356. The lowest BCUT2D eigenvalue weighted by Crippen LogP contribution is -2.20. The first-order chi connectivity index (χ1) is 17.3. The van der Waals surface area contributed by atoms with E-state index in [0.29, 0.717) is 22.6 Å². The number of anilines is 1. The molecule has 36 heavy (non-hydrogen) atoms. The molecule has 1 unspecified atom stereocenters. The first-order valence-electron chi connectivity index (χ1n) is 11.0. The number of aliphatic hydroxyl groups excluding tert-OH is 1. The van der Waals surface area contributed by atoms with Crippen LogP contribution < -0.4 is 5.32 Å². The van der Waals surface area contributed by atoms with E-state index in [-0.39, 0.29) is 17.6 Å². The highest BCUT2D eigenvalue weighted by atomic mass is 19.3. The summed E-state index contributed by atoms with van der Waals surface area (Å²) in [6, 6.07) is 10.8. The van der Waals surface area contributed by atoms with Crippen molar-refractivity contribution < 1.29 is 23.2 Å². The lowest BCUT2D eigenvalue weighted by atomic mass is 10.1. The van der Waals surface area contributed by atoms with Crippen molar-refractivity contribution in [2.75, 3.05) is 5.32 Å². The number of fused-ring (bicyclic) bond motifs is 1. The summed E-state index contributed by atoms with van der Waals surface area (Å²) in [6.45, 7) is 1.83. The number of rotatable bonds is 7. The fraction of sp³-hybridized carbons (Fsp3) is 0.208. The van der Waals surface area contributed by atoms with E-state index in [1.807, 2.05) is 38.4 Å². The van der Waals surface area contributed by atoms with Crippen LogP contribution in [0.25, 0.3) is 28.3 Å². The minimum atomic E-state index is -2.91. The summed E-state index contributed by atoms with van der Waals surface area (Å²) in [7, 11) is 1.84. The zero-order valence-corrected chi connectivity index (χ0v) is 19.3. The average Bonchev–Trinajstić information content (AvgIpc) is 3.59. The summed E-state index contributed by atoms with van der Waals surface area (Å²) >= 11 is 0. The molecule has 0 saturated heterocycles. The Kier molecular flexibility index (Phi) is 6.02. The van der Waals surface area contributed by atoms with E-state index in [2.05, 4.69) is 25.5 Å². The molecule has 0 saturated carbocycles. The number of halogens is 2. The van der Waals surface area contributed by atoms with Gasteiger partial charge in [-0.1, -0.05) is 17.3 Å². The van der Waals surface area contributed by atoms with E-state index >= 15 is 0 Å². The van der Waals surface area contributed by atoms with E-state index in [9.17, 15) is 18.7 Å². The van der Waals surface area contributed by atoms with Gasteiger partial charge in [0.25, 0.3) is 12.3 Å². The number of nitrogens with zero attached hydrogens (tertiary/aromatic N) is 6. The number of aromatic nitrogens is 6. The number of imidazole rings is 1. The van der Waals surface area contributed by atoms with Crippen LogP contribution in [0.4, 0.5) is 14.5 Å². The number of benzene rings is 1. The Morgan fingerprint density at radius 1 is 1.17 bits per heavy atom. The van der Waals surface area contributed by atoms with Gasteiger partial charge in [0.15, 0.2) is 0 Å². The zero-order valence-electron chi connectivity index (χ0n) is 19.3. The Bertz CT molecular complexity index is 1560. The molecule has 2 N–H and O–H groups in total. The van der Waals surface area contributed by atoms with Gasteiger partial charge in [-0.2, -0.15) is 10.1 Å². The summed E-state index contributed by atoms with van der Waals surface area (Å²) < 4.78 is 33.5. The Balaban J connectivity index is 1.37. The SMILES string of the molecule is Cc1ccc(-c2noc(CC(O)C(F)F)n2)cc1NC(=O)c1cnc2cc(-c3ccn(C)n3)ccn12. The van der Waals surface area contributed by atoms with Crippen LogP contribution in [-0.4, -0.2) is 52.8 Å². The van der Waals surface area contributed by atoms with E-state index in [4.69, 9.17) is 4.52 Å². The number of amides is 1. The van der Waals surface area contributed by atoms with Gasteiger partial charge in [0.1, 0.15) is 17.4 Å². The predicted molar refractivity (Wildman–Crippen MR) is 126 cm³/mol. The topological polar surface area (TPSA) is 123 Å². The lowest BCUT2D eigenvalue weighted by Gasteiger charge is -2.10. The van der Waals surface area contributed by atoms with E-state index in [1.54, 1.807) is 33.5 Å². The molecule has 0 bridgehead atoms. The Morgan fingerprint density at radius 2 is 2.00 bits per heavy atom. The molecule has 0 aliphatic rings. The van der Waals surface area contributed by atoms with E-state index in [1.165, 1.54) is 6.20 Å². The first kappa shape index (κ1) is 23.3. The molecule has 4 aromatic heterocycles. The van der Waals surface area contributed by atoms with Gasteiger partial charge in [-0.3, -0.25) is 13.9 Å². The molecule has 184 valence electrons. The van der Waals surface area contributed by atoms with Crippen molar-refractivity contribution in [2.45, 2.75) is 25.9 Å². The normalized spacial score (nSPS) is 12.4. The number of carbonyl (C=O) groups excluding carboxylic acids is 1. The van der Waals surface area contributed by atoms with Crippen LogP contribution in [-0.2, 0) is 13.5 Å². The number of aliphatic hydroxyl groups is 1. The van der Waals surface area contributed by atoms with Gasteiger partial charge in [0, 0.05) is 36.3 Å². The summed E-state index contributed by atoms with van der Waals surface area (Å²) in [4.78, 5) is 21.5. The molecule has 5 rings (SSSR count). The number of carbonyl (C=O) groups is 1. The van der Waals surface area contributed by atoms with Gasteiger partial charge in [-0.25, -0.2) is 13.8 Å².